The molecule has 2 amide bonds. The van der Waals surface area contributed by atoms with Gasteiger partial charge in [0.2, 0.25) is 12.7 Å². The highest BCUT2D eigenvalue weighted by Gasteiger charge is 2.25. The van der Waals surface area contributed by atoms with Crippen molar-refractivity contribution in [2.75, 3.05) is 12.1 Å². The standard InChI is InChI=1S/C16H11N3O5S/c17-14(20)12-13(9-3-4-25-6-9)19-24-16(12)18-15(21)8-1-2-10-11(5-8)23-7-22-10/h1-6H,7H2,(H2,17,20)(H,18,21). The molecule has 0 saturated heterocycles. The number of hydrogen-bond acceptors (Lipinski definition) is 7. The zero-order valence-electron chi connectivity index (χ0n) is 12.6. The quantitative estimate of drug-likeness (QED) is 0.741. The Hall–Kier alpha value is -3.33. The summed E-state index contributed by atoms with van der Waals surface area (Å²) in [6.07, 6.45) is 0. The Labute approximate surface area is 145 Å². The summed E-state index contributed by atoms with van der Waals surface area (Å²) in [7, 11) is 0. The summed E-state index contributed by atoms with van der Waals surface area (Å²) in [4.78, 5) is 24.2. The van der Waals surface area contributed by atoms with Crippen molar-refractivity contribution >= 4 is 29.0 Å². The third-order valence-corrected chi connectivity index (χ3v) is 4.28. The zero-order valence-corrected chi connectivity index (χ0v) is 13.5. The van der Waals surface area contributed by atoms with Crippen LogP contribution in [0.4, 0.5) is 5.88 Å². The molecule has 3 N–H and O–H groups in total. The number of carbonyl (C=O) groups is 2. The number of nitrogens with one attached hydrogen (secondary N) is 1. The van der Waals surface area contributed by atoms with Gasteiger partial charge in [-0.1, -0.05) is 5.16 Å². The van der Waals surface area contributed by atoms with E-state index >= 15 is 0 Å². The van der Waals surface area contributed by atoms with Crippen molar-refractivity contribution in [3.05, 3.63) is 46.2 Å². The molecule has 3 heterocycles. The van der Waals surface area contributed by atoms with Crippen LogP contribution >= 0.6 is 11.3 Å². The first-order valence-electron chi connectivity index (χ1n) is 7.16. The van der Waals surface area contributed by atoms with E-state index in [2.05, 4.69) is 10.5 Å². The third kappa shape index (κ3) is 2.70. The Morgan fingerprint density at radius 3 is 2.80 bits per heavy atom. The van der Waals surface area contributed by atoms with E-state index < -0.39 is 11.8 Å². The second kappa shape index (κ2) is 5.95. The lowest BCUT2D eigenvalue weighted by atomic mass is 10.1. The number of amides is 2. The van der Waals surface area contributed by atoms with Crippen molar-refractivity contribution in [2.24, 2.45) is 5.73 Å². The highest BCUT2D eigenvalue weighted by Crippen LogP contribution is 2.33. The highest BCUT2D eigenvalue weighted by atomic mass is 32.1. The van der Waals surface area contributed by atoms with Crippen LogP contribution in [0.5, 0.6) is 11.5 Å². The molecule has 0 atom stereocenters. The number of ether oxygens (including phenoxy) is 2. The Morgan fingerprint density at radius 1 is 1.20 bits per heavy atom. The number of thiophene rings is 1. The molecule has 0 aliphatic carbocycles. The van der Waals surface area contributed by atoms with Crippen LogP contribution in [-0.2, 0) is 0 Å². The maximum absolute atomic E-state index is 12.4. The van der Waals surface area contributed by atoms with Gasteiger partial charge in [-0.15, -0.1) is 0 Å². The van der Waals surface area contributed by atoms with Crippen LogP contribution in [-0.4, -0.2) is 23.8 Å². The average Bonchev–Trinajstić information content (AvgIpc) is 3.33. The number of rotatable bonds is 4. The lowest BCUT2D eigenvalue weighted by molar-refractivity contribution is 0.100. The van der Waals surface area contributed by atoms with Crippen LogP contribution < -0.4 is 20.5 Å². The van der Waals surface area contributed by atoms with Crippen LogP contribution in [0.1, 0.15) is 20.7 Å². The van der Waals surface area contributed by atoms with Gasteiger partial charge in [0.05, 0.1) is 0 Å². The second-order valence-corrected chi connectivity index (χ2v) is 5.91. The van der Waals surface area contributed by atoms with Crippen molar-refractivity contribution in [1.29, 1.82) is 0 Å². The predicted molar refractivity (Wildman–Crippen MR) is 88.9 cm³/mol. The molecule has 4 rings (SSSR count). The maximum atomic E-state index is 12.4. The number of benzene rings is 1. The Balaban J connectivity index is 1.64. The molecule has 1 aliphatic rings. The first-order chi connectivity index (χ1) is 12.1. The SMILES string of the molecule is NC(=O)c1c(-c2ccsc2)noc1NC(=O)c1ccc2c(c1)OCO2. The lowest BCUT2D eigenvalue weighted by Crippen LogP contribution is -2.17. The number of anilines is 1. The summed E-state index contributed by atoms with van der Waals surface area (Å²) >= 11 is 1.44. The van der Waals surface area contributed by atoms with Gasteiger partial charge >= 0.3 is 0 Å². The van der Waals surface area contributed by atoms with Crippen molar-refractivity contribution in [2.45, 2.75) is 0 Å². The minimum Gasteiger partial charge on any atom is -0.454 e. The largest absolute Gasteiger partial charge is 0.454 e. The van der Waals surface area contributed by atoms with E-state index in [1.807, 2.05) is 5.38 Å². The number of hydrogen-bond donors (Lipinski definition) is 2. The van der Waals surface area contributed by atoms with Crippen molar-refractivity contribution < 1.29 is 23.6 Å². The first-order valence-corrected chi connectivity index (χ1v) is 8.11. The number of carbonyl (C=O) groups excluding carboxylic acids is 2. The minimum atomic E-state index is -0.747. The highest BCUT2D eigenvalue weighted by molar-refractivity contribution is 7.08. The number of nitrogens with two attached hydrogens (primary N) is 1. The maximum Gasteiger partial charge on any atom is 0.258 e. The van der Waals surface area contributed by atoms with Gasteiger partial charge < -0.3 is 19.7 Å². The summed E-state index contributed by atoms with van der Waals surface area (Å²) < 4.78 is 15.6. The molecular weight excluding hydrogens is 346 g/mol. The molecule has 2 aromatic heterocycles. The molecular formula is C16H11N3O5S. The average molecular weight is 357 g/mol. The van der Waals surface area contributed by atoms with Gasteiger partial charge in [0.25, 0.3) is 11.8 Å². The van der Waals surface area contributed by atoms with Crippen LogP contribution in [0, 0.1) is 0 Å². The fourth-order valence-corrected chi connectivity index (χ4v) is 3.05. The monoisotopic (exact) mass is 357 g/mol. The van der Waals surface area contributed by atoms with E-state index in [1.54, 1.807) is 23.6 Å². The number of fused-ring (bicyclic) bond motifs is 1. The van der Waals surface area contributed by atoms with Gasteiger partial charge in [0, 0.05) is 16.5 Å². The van der Waals surface area contributed by atoms with Crippen molar-refractivity contribution in [1.82, 2.24) is 5.16 Å². The van der Waals surface area contributed by atoms with Gasteiger partial charge in [-0.05, 0) is 29.6 Å². The molecule has 0 radical (unpaired) electrons. The molecule has 0 bridgehead atoms. The van der Waals surface area contributed by atoms with Gasteiger partial charge in [0.15, 0.2) is 11.5 Å². The Kier molecular flexibility index (Phi) is 3.62. The lowest BCUT2D eigenvalue weighted by Gasteiger charge is -2.04. The molecule has 1 aromatic carbocycles. The molecule has 9 heteroatoms. The molecule has 0 saturated carbocycles. The van der Waals surface area contributed by atoms with Gasteiger partial charge in [-0.3, -0.25) is 14.9 Å². The summed E-state index contributed by atoms with van der Waals surface area (Å²) in [5.74, 6) is -0.304. The van der Waals surface area contributed by atoms with Gasteiger partial charge in [-0.2, -0.15) is 11.3 Å². The number of aromatic nitrogens is 1. The van der Waals surface area contributed by atoms with E-state index in [1.165, 1.54) is 17.4 Å². The van der Waals surface area contributed by atoms with E-state index in [0.717, 1.165) is 0 Å². The molecule has 0 spiro atoms. The number of primary amides is 1. The van der Waals surface area contributed by atoms with E-state index in [9.17, 15) is 9.59 Å². The molecule has 0 unspecified atom stereocenters. The second-order valence-electron chi connectivity index (χ2n) is 5.13. The molecule has 1 aliphatic heterocycles. The topological polar surface area (TPSA) is 117 Å². The minimum absolute atomic E-state index is 0.0208. The summed E-state index contributed by atoms with van der Waals surface area (Å²) in [6, 6.07) is 6.52. The molecule has 8 nitrogen and oxygen atoms in total. The number of nitrogens with zero attached hydrogens (tertiary/aromatic N) is 1. The Bertz CT molecular complexity index is 964. The summed E-state index contributed by atoms with van der Waals surface area (Å²) in [5, 5.41) is 10.0. The van der Waals surface area contributed by atoms with Crippen LogP contribution in [0.2, 0.25) is 0 Å². The molecule has 25 heavy (non-hydrogen) atoms. The van der Waals surface area contributed by atoms with E-state index in [4.69, 9.17) is 19.7 Å². The normalized spacial score (nSPS) is 12.2. The van der Waals surface area contributed by atoms with Crippen LogP contribution in [0.15, 0.2) is 39.5 Å². The Morgan fingerprint density at radius 2 is 2.04 bits per heavy atom. The summed E-state index contributed by atoms with van der Waals surface area (Å²) in [6.45, 7) is 0.109. The van der Waals surface area contributed by atoms with Crippen LogP contribution in [0.25, 0.3) is 11.3 Å². The van der Waals surface area contributed by atoms with Gasteiger partial charge in [0.1, 0.15) is 11.3 Å². The van der Waals surface area contributed by atoms with Gasteiger partial charge in [-0.25, -0.2) is 0 Å². The molecule has 126 valence electrons. The van der Waals surface area contributed by atoms with E-state index in [-0.39, 0.29) is 23.9 Å². The fraction of sp³-hybridized carbons (Fsp3) is 0.0625. The van der Waals surface area contributed by atoms with Crippen LogP contribution in [0.3, 0.4) is 0 Å². The van der Waals surface area contributed by atoms with Crippen molar-refractivity contribution in [3.8, 4) is 22.8 Å². The smallest absolute Gasteiger partial charge is 0.258 e. The molecule has 0 fully saturated rings. The third-order valence-electron chi connectivity index (χ3n) is 3.59. The molecule has 3 aromatic rings. The van der Waals surface area contributed by atoms with Crippen molar-refractivity contribution in [3.63, 3.8) is 0 Å². The first kappa shape index (κ1) is 15.2. The fourth-order valence-electron chi connectivity index (χ4n) is 2.41. The summed E-state index contributed by atoms with van der Waals surface area (Å²) in [5.41, 5.74) is 6.74. The van der Waals surface area contributed by atoms with E-state index in [0.29, 0.717) is 22.6 Å². The predicted octanol–water partition coefficient (Wildman–Crippen LogP) is 2.48. The zero-order chi connectivity index (χ0) is 17.4.